The monoisotopic (exact) mass is 225 g/mol. The Kier molecular flexibility index (Phi) is 3.33. The maximum absolute atomic E-state index is 12.2. The van der Waals surface area contributed by atoms with Crippen LogP contribution in [0.2, 0.25) is 0 Å². The molecule has 0 N–H and O–H groups in total. The van der Waals surface area contributed by atoms with Gasteiger partial charge in [0.25, 0.3) is 0 Å². The summed E-state index contributed by atoms with van der Waals surface area (Å²) in [4.78, 5) is 16.4. The van der Waals surface area contributed by atoms with E-state index in [1.807, 2.05) is 50.2 Å². The van der Waals surface area contributed by atoms with Crippen molar-refractivity contribution in [2.75, 3.05) is 0 Å². The molecule has 1 aromatic heterocycles. The molecule has 0 saturated heterocycles. The third-order valence-corrected chi connectivity index (χ3v) is 2.83. The zero-order chi connectivity index (χ0) is 12.3. The number of carbonyl (C=O) groups is 1. The summed E-state index contributed by atoms with van der Waals surface area (Å²) < 4.78 is 0. The number of nitrogens with zero attached hydrogens (tertiary/aromatic N) is 1. The summed E-state index contributed by atoms with van der Waals surface area (Å²) in [6, 6.07) is 11.6. The van der Waals surface area contributed by atoms with Crippen LogP contribution in [0.1, 0.15) is 27.2 Å². The number of benzene rings is 1. The summed E-state index contributed by atoms with van der Waals surface area (Å²) >= 11 is 0. The van der Waals surface area contributed by atoms with Crippen LogP contribution in [0.25, 0.3) is 0 Å². The van der Waals surface area contributed by atoms with Crippen molar-refractivity contribution in [1.29, 1.82) is 0 Å². The minimum atomic E-state index is 0.138. The number of hydrogen-bond donors (Lipinski definition) is 0. The lowest BCUT2D eigenvalue weighted by molar-refractivity contribution is 0.0991. The Morgan fingerprint density at radius 3 is 2.35 bits per heavy atom. The zero-order valence-corrected chi connectivity index (χ0v) is 10.1. The number of aryl methyl sites for hydroxylation is 2. The minimum Gasteiger partial charge on any atom is -0.294 e. The Labute approximate surface area is 101 Å². The molecule has 0 amide bonds. The summed E-state index contributed by atoms with van der Waals surface area (Å²) in [5.74, 6) is 0.138. The van der Waals surface area contributed by atoms with Crippen molar-refractivity contribution < 1.29 is 4.79 Å². The second-order valence-electron chi connectivity index (χ2n) is 4.19. The molecule has 17 heavy (non-hydrogen) atoms. The van der Waals surface area contributed by atoms with Gasteiger partial charge < -0.3 is 0 Å². The number of Topliss-reactive ketones (excluding diaryl/α,β-unsaturated/α-hetero) is 1. The van der Waals surface area contributed by atoms with E-state index in [0.29, 0.717) is 6.42 Å². The third-order valence-electron chi connectivity index (χ3n) is 2.83. The summed E-state index contributed by atoms with van der Waals surface area (Å²) in [6.07, 6.45) is 2.08. The van der Waals surface area contributed by atoms with Gasteiger partial charge in [0.1, 0.15) is 0 Å². The molecular formula is C15H15NO. The van der Waals surface area contributed by atoms with E-state index >= 15 is 0 Å². The van der Waals surface area contributed by atoms with E-state index in [-0.39, 0.29) is 5.78 Å². The molecule has 2 aromatic rings. The molecule has 0 radical (unpaired) electrons. The van der Waals surface area contributed by atoms with E-state index in [1.54, 1.807) is 6.20 Å². The summed E-state index contributed by atoms with van der Waals surface area (Å²) in [6.45, 7) is 3.94. The molecule has 0 aliphatic heterocycles. The van der Waals surface area contributed by atoms with Crippen LogP contribution < -0.4 is 0 Å². The average Bonchev–Trinajstić information content (AvgIpc) is 2.30. The van der Waals surface area contributed by atoms with Crippen LogP contribution in [0, 0.1) is 13.8 Å². The van der Waals surface area contributed by atoms with E-state index in [9.17, 15) is 4.79 Å². The van der Waals surface area contributed by atoms with E-state index in [4.69, 9.17) is 0 Å². The maximum Gasteiger partial charge on any atom is 0.169 e. The maximum atomic E-state index is 12.2. The van der Waals surface area contributed by atoms with Gasteiger partial charge in [-0.15, -0.1) is 0 Å². The molecule has 0 aliphatic rings. The number of hydrogen-bond acceptors (Lipinski definition) is 2. The largest absolute Gasteiger partial charge is 0.294 e. The zero-order valence-electron chi connectivity index (χ0n) is 10.1. The minimum absolute atomic E-state index is 0.138. The number of ketones is 1. The SMILES string of the molecule is Cc1cccc(C)c1C(=O)Cc1ccccn1. The topological polar surface area (TPSA) is 30.0 Å². The molecule has 0 saturated carbocycles. The lowest BCUT2D eigenvalue weighted by Crippen LogP contribution is -2.08. The molecule has 1 aromatic carbocycles. The van der Waals surface area contributed by atoms with Crippen molar-refractivity contribution in [2.45, 2.75) is 20.3 Å². The Bertz CT molecular complexity index is 512. The first-order valence-corrected chi connectivity index (χ1v) is 5.68. The third kappa shape index (κ3) is 2.59. The molecule has 0 aliphatic carbocycles. The highest BCUT2D eigenvalue weighted by atomic mass is 16.1. The lowest BCUT2D eigenvalue weighted by atomic mass is 9.96. The lowest BCUT2D eigenvalue weighted by Gasteiger charge is -2.08. The van der Waals surface area contributed by atoms with Crippen LogP contribution in [-0.4, -0.2) is 10.8 Å². The van der Waals surface area contributed by atoms with E-state index < -0.39 is 0 Å². The number of aromatic nitrogens is 1. The molecule has 0 fully saturated rings. The first kappa shape index (κ1) is 11.5. The fraction of sp³-hybridized carbons (Fsp3) is 0.200. The Hall–Kier alpha value is -1.96. The van der Waals surface area contributed by atoms with Gasteiger partial charge in [0, 0.05) is 17.5 Å². The second kappa shape index (κ2) is 4.91. The second-order valence-corrected chi connectivity index (χ2v) is 4.19. The van der Waals surface area contributed by atoms with Crippen molar-refractivity contribution in [3.05, 3.63) is 65.0 Å². The highest BCUT2D eigenvalue weighted by molar-refractivity contribution is 5.99. The van der Waals surface area contributed by atoms with E-state index in [2.05, 4.69) is 4.98 Å². The van der Waals surface area contributed by atoms with Gasteiger partial charge in [0.15, 0.2) is 5.78 Å². The summed E-state index contributed by atoms with van der Waals surface area (Å²) in [5, 5.41) is 0. The first-order valence-electron chi connectivity index (χ1n) is 5.68. The van der Waals surface area contributed by atoms with Crippen molar-refractivity contribution in [1.82, 2.24) is 4.98 Å². The molecule has 86 valence electrons. The fourth-order valence-corrected chi connectivity index (χ4v) is 2.01. The van der Waals surface area contributed by atoms with Gasteiger partial charge in [-0.05, 0) is 37.1 Å². The molecule has 2 nitrogen and oxygen atoms in total. The van der Waals surface area contributed by atoms with Gasteiger partial charge in [-0.25, -0.2) is 0 Å². The van der Waals surface area contributed by atoms with Crippen molar-refractivity contribution in [3.8, 4) is 0 Å². The smallest absolute Gasteiger partial charge is 0.169 e. The first-order chi connectivity index (χ1) is 8.18. The van der Waals surface area contributed by atoms with Gasteiger partial charge in [0.05, 0.1) is 6.42 Å². The van der Waals surface area contributed by atoms with Gasteiger partial charge in [0.2, 0.25) is 0 Å². The van der Waals surface area contributed by atoms with Crippen LogP contribution in [0.5, 0.6) is 0 Å². The van der Waals surface area contributed by atoms with E-state index in [0.717, 1.165) is 22.4 Å². The Balaban J connectivity index is 2.27. The van der Waals surface area contributed by atoms with Gasteiger partial charge >= 0.3 is 0 Å². The highest BCUT2D eigenvalue weighted by Gasteiger charge is 2.12. The van der Waals surface area contributed by atoms with Crippen LogP contribution in [-0.2, 0) is 6.42 Å². The molecule has 0 bridgehead atoms. The summed E-state index contributed by atoms with van der Waals surface area (Å²) in [7, 11) is 0. The van der Waals surface area contributed by atoms with Gasteiger partial charge in [-0.3, -0.25) is 9.78 Å². The molecular weight excluding hydrogens is 210 g/mol. The Morgan fingerprint density at radius 2 is 1.76 bits per heavy atom. The predicted octanol–water partition coefficient (Wildman–Crippen LogP) is 3.12. The molecule has 0 atom stereocenters. The predicted molar refractivity (Wildman–Crippen MR) is 68.2 cm³/mol. The quantitative estimate of drug-likeness (QED) is 0.751. The van der Waals surface area contributed by atoms with Crippen molar-refractivity contribution in [3.63, 3.8) is 0 Å². The Morgan fingerprint density at radius 1 is 1.06 bits per heavy atom. The average molecular weight is 225 g/mol. The number of rotatable bonds is 3. The van der Waals surface area contributed by atoms with Crippen LogP contribution in [0.3, 0.4) is 0 Å². The fourth-order valence-electron chi connectivity index (χ4n) is 2.01. The number of pyridine rings is 1. The van der Waals surface area contributed by atoms with Crippen molar-refractivity contribution in [2.24, 2.45) is 0 Å². The summed E-state index contributed by atoms with van der Waals surface area (Å²) in [5.41, 5.74) is 3.72. The van der Waals surface area contributed by atoms with Gasteiger partial charge in [-0.1, -0.05) is 24.3 Å². The molecule has 0 unspecified atom stereocenters. The van der Waals surface area contributed by atoms with Gasteiger partial charge in [-0.2, -0.15) is 0 Å². The molecule has 0 spiro atoms. The number of carbonyl (C=O) groups excluding carboxylic acids is 1. The van der Waals surface area contributed by atoms with Crippen LogP contribution in [0.15, 0.2) is 42.6 Å². The van der Waals surface area contributed by atoms with Crippen molar-refractivity contribution >= 4 is 5.78 Å². The van der Waals surface area contributed by atoms with E-state index in [1.165, 1.54) is 0 Å². The van der Waals surface area contributed by atoms with Crippen LogP contribution in [0.4, 0.5) is 0 Å². The van der Waals surface area contributed by atoms with Crippen LogP contribution >= 0.6 is 0 Å². The molecule has 2 heteroatoms. The molecule has 1 heterocycles. The highest BCUT2D eigenvalue weighted by Crippen LogP contribution is 2.15. The normalized spacial score (nSPS) is 10.2. The standard InChI is InChI=1S/C15H15NO/c1-11-6-5-7-12(2)15(11)14(17)10-13-8-3-4-9-16-13/h3-9H,10H2,1-2H3. The molecule has 2 rings (SSSR count).